The van der Waals surface area contributed by atoms with Crippen LogP contribution in [0.25, 0.3) is 0 Å². The van der Waals surface area contributed by atoms with E-state index in [1.54, 1.807) is 0 Å². The van der Waals surface area contributed by atoms with Crippen molar-refractivity contribution in [1.82, 2.24) is 0 Å². The van der Waals surface area contributed by atoms with Crippen LogP contribution in [0.2, 0.25) is 0 Å². The average molecular weight is 250 g/mol. The third-order valence-electron chi connectivity index (χ3n) is 1.67. The van der Waals surface area contributed by atoms with Gasteiger partial charge in [-0.3, -0.25) is 0 Å². The molecule has 0 aliphatic heterocycles. The van der Waals surface area contributed by atoms with Gasteiger partial charge in [0.15, 0.2) is 0 Å². The fraction of sp³-hybridized carbons (Fsp3) is 0.250. The molecule has 72 valence electrons. The Morgan fingerprint density at radius 2 is 2.15 bits per heavy atom. The lowest BCUT2D eigenvalue weighted by molar-refractivity contribution is 0.181. The van der Waals surface area contributed by atoms with Crippen LogP contribution in [-0.2, 0) is 0 Å². The minimum Gasteiger partial charge on any atom is -0.507 e. The van der Waals surface area contributed by atoms with Crippen molar-refractivity contribution in [2.45, 2.75) is 6.10 Å². The van der Waals surface area contributed by atoms with Gasteiger partial charge >= 0.3 is 0 Å². The van der Waals surface area contributed by atoms with Crippen molar-refractivity contribution in [3.05, 3.63) is 28.0 Å². The molecule has 0 aliphatic rings. The molecular formula is C8H9BrFNO2. The van der Waals surface area contributed by atoms with Gasteiger partial charge in [-0.25, -0.2) is 4.39 Å². The van der Waals surface area contributed by atoms with E-state index < -0.39 is 11.9 Å². The Morgan fingerprint density at radius 3 is 2.69 bits per heavy atom. The van der Waals surface area contributed by atoms with Crippen LogP contribution in [0.15, 0.2) is 16.6 Å². The molecule has 0 saturated heterocycles. The molecule has 0 amide bonds. The molecule has 1 aromatic rings. The van der Waals surface area contributed by atoms with E-state index in [-0.39, 0.29) is 22.3 Å². The maximum Gasteiger partial charge on any atom is 0.146 e. The molecule has 4 N–H and O–H groups in total. The second-order valence-corrected chi connectivity index (χ2v) is 3.35. The number of phenols is 1. The molecule has 0 saturated carbocycles. The summed E-state index contributed by atoms with van der Waals surface area (Å²) in [5.74, 6) is -0.886. The van der Waals surface area contributed by atoms with Gasteiger partial charge in [0, 0.05) is 12.1 Å². The minimum atomic E-state index is -1.04. The predicted octanol–water partition coefficient (Wildman–Crippen LogP) is 1.29. The van der Waals surface area contributed by atoms with Crippen molar-refractivity contribution < 1.29 is 14.6 Å². The van der Waals surface area contributed by atoms with Gasteiger partial charge in [-0.2, -0.15) is 0 Å². The molecule has 0 fully saturated rings. The second kappa shape index (κ2) is 4.04. The molecule has 0 heterocycles. The highest BCUT2D eigenvalue weighted by molar-refractivity contribution is 9.10. The second-order valence-electron chi connectivity index (χ2n) is 2.55. The number of aliphatic hydroxyl groups is 1. The molecule has 3 nitrogen and oxygen atoms in total. The number of phenolic OH excluding ortho intramolecular Hbond substituents is 1. The largest absolute Gasteiger partial charge is 0.507 e. The molecule has 0 radical (unpaired) electrons. The zero-order valence-electron chi connectivity index (χ0n) is 6.67. The zero-order chi connectivity index (χ0) is 10.0. The van der Waals surface area contributed by atoms with Gasteiger partial charge in [0.05, 0.1) is 10.6 Å². The number of aliphatic hydroxyl groups excluding tert-OH is 1. The SMILES string of the molecule is NCC(O)c1ccc(O)c(Br)c1F. The summed E-state index contributed by atoms with van der Waals surface area (Å²) >= 11 is 2.85. The van der Waals surface area contributed by atoms with E-state index in [9.17, 15) is 9.50 Å². The summed E-state index contributed by atoms with van der Waals surface area (Å²) in [6.45, 7) is -0.0614. The molecule has 1 rings (SSSR count). The first-order valence-corrected chi connectivity index (χ1v) is 4.42. The lowest BCUT2D eigenvalue weighted by Gasteiger charge is -2.10. The maximum atomic E-state index is 13.3. The maximum absolute atomic E-state index is 13.3. The number of rotatable bonds is 2. The molecule has 1 atom stereocenters. The van der Waals surface area contributed by atoms with Crippen LogP contribution >= 0.6 is 15.9 Å². The molecule has 0 aromatic heterocycles. The molecule has 1 unspecified atom stereocenters. The van der Waals surface area contributed by atoms with Crippen LogP contribution < -0.4 is 5.73 Å². The van der Waals surface area contributed by atoms with Gasteiger partial charge in [-0.05, 0) is 28.1 Å². The molecular weight excluding hydrogens is 241 g/mol. The highest BCUT2D eigenvalue weighted by Crippen LogP contribution is 2.31. The summed E-state index contributed by atoms with van der Waals surface area (Å²) in [7, 11) is 0. The van der Waals surface area contributed by atoms with Gasteiger partial charge in [0.1, 0.15) is 11.6 Å². The monoisotopic (exact) mass is 249 g/mol. The number of hydrogen-bond donors (Lipinski definition) is 3. The third kappa shape index (κ3) is 1.99. The van der Waals surface area contributed by atoms with Crippen LogP contribution in [-0.4, -0.2) is 16.8 Å². The molecule has 0 spiro atoms. The Bertz CT molecular complexity index is 319. The van der Waals surface area contributed by atoms with Crippen molar-refractivity contribution in [2.75, 3.05) is 6.54 Å². The Kier molecular flexibility index (Phi) is 3.24. The van der Waals surface area contributed by atoms with Crippen molar-refractivity contribution >= 4 is 15.9 Å². The predicted molar refractivity (Wildman–Crippen MR) is 49.8 cm³/mol. The average Bonchev–Trinajstić information content (AvgIpc) is 2.13. The van der Waals surface area contributed by atoms with E-state index in [2.05, 4.69) is 15.9 Å². The van der Waals surface area contributed by atoms with Crippen LogP contribution in [0.5, 0.6) is 5.75 Å². The molecule has 5 heteroatoms. The first kappa shape index (κ1) is 10.4. The van der Waals surface area contributed by atoms with Crippen LogP contribution in [0.3, 0.4) is 0 Å². The third-order valence-corrected chi connectivity index (χ3v) is 2.43. The Morgan fingerprint density at radius 1 is 1.54 bits per heavy atom. The number of benzene rings is 1. The smallest absolute Gasteiger partial charge is 0.146 e. The fourth-order valence-corrected chi connectivity index (χ4v) is 1.30. The first-order chi connectivity index (χ1) is 6.07. The number of halogens is 2. The van der Waals surface area contributed by atoms with Crippen molar-refractivity contribution in [1.29, 1.82) is 0 Å². The quantitative estimate of drug-likeness (QED) is 0.740. The molecule has 1 aromatic carbocycles. The minimum absolute atomic E-state index is 0.0579. The Labute approximate surface area is 83.1 Å². The van der Waals surface area contributed by atoms with Gasteiger partial charge in [0.2, 0.25) is 0 Å². The summed E-state index contributed by atoms with van der Waals surface area (Å²) in [6, 6.07) is 2.59. The van der Waals surface area contributed by atoms with Crippen LogP contribution in [0, 0.1) is 5.82 Å². The highest BCUT2D eigenvalue weighted by Gasteiger charge is 2.15. The standard InChI is InChI=1S/C8H9BrFNO2/c9-7-5(12)2-1-4(8(7)10)6(13)3-11/h1-2,6,12-13H,3,11H2. The Balaban J connectivity index is 3.18. The van der Waals surface area contributed by atoms with E-state index in [4.69, 9.17) is 10.8 Å². The molecule has 0 bridgehead atoms. The first-order valence-electron chi connectivity index (χ1n) is 3.63. The van der Waals surface area contributed by atoms with Crippen molar-refractivity contribution in [3.63, 3.8) is 0 Å². The van der Waals surface area contributed by atoms with Gasteiger partial charge < -0.3 is 15.9 Å². The highest BCUT2D eigenvalue weighted by atomic mass is 79.9. The van der Waals surface area contributed by atoms with E-state index in [0.717, 1.165) is 0 Å². The van der Waals surface area contributed by atoms with Crippen molar-refractivity contribution in [2.24, 2.45) is 5.73 Å². The van der Waals surface area contributed by atoms with Gasteiger partial charge in [-0.1, -0.05) is 0 Å². The summed E-state index contributed by atoms with van der Waals surface area (Å²) < 4.78 is 13.2. The summed E-state index contributed by atoms with van der Waals surface area (Å²) in [4.78, 5) is 0. The molecule has 13 heavy (non-hydrogen) atoms. The number of hydrogen-bond acceptors (Lipinski definition) is 3. The van der Waals surface area contributed by atoms with E-state index in [1.807, 2.05) is 0 Å². The van der Waals surface area contributed by atoms with E-state index in [0.29, 0.717) is 0 Å². The van der Waals surface area contributed by atoms with Gasteiger partial charge in [-0.15, -0.1) is 0 Å². The van der Waals surface area contributed by atoms with E-state index in [1.165, 1.54) is 12.1 Å². The molecule has 0 aliphatic carbocycles. The Hall–Kier alpha value is -0.650. The zero-order valence-corrected chi connectivity index (χ0v) is 8.25. The lowest BCUT2D eigenvalue weighted by Crippen LogP contribution is -2.13. The van der Waals surface area contributed by atoms with Crippen LogP contribution in [0.1, 0.15) is 11.7 Å². The van der Waals surface area contributed by atoms with E-state index >= 15 is 0 Å². The van der Waals surface area contributed by atoms with Crippen LogP contribution in [0.4, 0.5) is 4.39 Å². The van der Waals surface area contributed by atoms with Crippen molar-refractivity contribution in [3.8, 4) is 5.75 Å². The number of aromatic hydroxyl groups is 1. The number of nitrogens with two attached hydrogens (primary N) is 1. The lowest BCUT2D eigenvalue weighted by atomic mass is 10.1. The fourth-order valence-electron chi connectivity index (χ4n) is 0.939. The topological polar surface area (TPSA) is 66.5 Å². The summed E-state index contributed by atoms with van der Waals surface area (Å²) in [5, 5.41) is 18.3. The summed E-state index contributed by atoms with van der Waals surface area (Å²) in [5.41, 5.74) is 5.24. The van der Waals surface area contributed by atoms with Gasteiger partial charge in [0.25, 0.3) is 0 Å². The normalized spacial score (nSPS) is 12.9. The summed E-state index contributed by atoms with van der Waals surface area (Å²) in [6.07, 6.45) is -1.04.